The Kier molecular flexibility index (Phi) is 5.20. The van der Waals surface area contributed by atoms with Gasteiger partial charge in [-0.15, -0.1) is 0 Å². The molecule has 1 aromatic rings. The van der Waals surface area contributed by atoms with Gasteiger partial charge in [0.25, 0.3) is 0 Å². The maximum atomic E-state index is 11.2. The molecule has 0 aromatic heterocycles. The van der Waals surface area contributed by atoms with Crippen LogP contribution < -0.4 is 10.6 Å². The summed E-state index contributed by atoms with van der Waals surface area (Å²) in [4.78, 5) is 22.2. The number of rotatable bonds is 5. The minimum atomic E-state index is -0.00274. The zero-order valence-corrected chi connectivity index (χ0v) is 10.2. The predicted molar refractivity (Wildman–Crippen MR) is 67.5 cm³/mol. The first-order valence-corrected chi connectivity index (χ1v) is 5.81. The molecule has 0 spiro atoms. The lowest BCUT2D eigenvalue weighted by atomic mass is 10.2. The molecule has 0 atom stereocenters. The molecule has 0 saturated carbocycles. The fourth-order valence-corrected chi connectivity index (χ4v) is 1.28. The van der Waals surface area contributed by atoms with E-state index in [9.17, 15) is 9.59 Å². The lowest BCUT2D eigenvalue weighted by Crippen LogP contribution is -2.21. The van der Waals surface area contributed by atoms with Crippen LogP contribution in [0, 0.1) is 0 Å². The molecule has 0 radical (unpaired) electrons. The number of carbonyl (C=O) groups excluding carboxylic acids is 2. The second-order valence-electron chi connectivity index (χ2n) is 3.73. The van der Waals surface area contributed by atoms with Crippen LogP contribution in [0.5, 0.6) is 0 Å². The molecule has 0 saturated heterocycles. The Hall–Kier alpha value is -1.84. The monoisotopic (exact) mass is 234 g/mol. The first-order chi connectivity index (χ1) is 8.15. The maximum Gasteiger partial charge on any atom is 0.224 e. The van der Waals surface area contributed by atoms with E-state index in [2.05, 4.69) is 10.6 Å². The van der Waals surface area contributed by atoms with Gasteiger partial charge < -0.3 is 10.6 Å². The van der Waals surface area contributed by atoms with E-state index in [1.54, 1.807) is 0 Å². The Morgan fingerprint density at radius 3 is 2.12 bits per heavy atom. The molecule has 0 aliphatic rings. The maximum absolute atomic E-state index is 11.2. The molecular formula is C13H18N2O2. The highest BCUT2D eigenvalue weighted by atomic mass is 16.2. The normalized spacial score (nSPS) is 9.76. The Balaban J connectivity index is 2.50. The molecule has 17 heavy (non-hydrogen) atoms. The number of benzene rings is 1. The fourth-order valence-electron chi connectivity index (χ4n) is 1.28. The molecule has 4 heteroatoms. The van der Waals surface area contributed by atoms with E-state index in [0.29, 0.717) is 19.4 Å². The van der Waals surface area contributed by atoms with Crippen LogP contribution in [0.15, 0.2) is 24.3 Å². The third kappa shape index (κ3) is 4.68. The minimum Gasteiger partial charge on any atom is -0.352 e. The van der Waals surface area contributed by atoms with Crippen molar-refractivity contribution >= 4 is 17.5 Å². The van der Waals surface area contributed by atoms with Crippen LogP contribution in [0.1, 0.15) is 32.3 Å². The zero-order valence-electron chi connectivity index (χ0n) is 10.2. The molecule has 0 aliphatic carbocycles. The summed E-state index contributed by atoms with van der Waals surface area (Å²) in [6.45, 7) is 4.15. The van der Waals surface area contributed by atoms with Crippen LogP contribution in [0.25, 0.3) is 0 Å². The largest absolute Gasteiger partial charge is 0.352 e. The third-order valence-corrected chi connectivity index (χ3v) is 2.37. The predicted octanol–water partition coefficient (Wildman–Crippen LogP) is 2.06. The zero-order chi connectivity index (χ0) is 12.7. The molecule has 1 aromatic carbocycles. The van der Waals surface area contributed by atoms with Crippen LogP contribution in [-0.4, -0.2) is 11.8 Å². The highest BCUT2D eigenvalue weighted by molar-refractivity contribution is 5.90. The van der Waals surface area contributed by atoms with Crippen molar-refractivity contribution in [1.82, 2.24) is 5.32 Å². The van der Waals surface area contributed by atoms with Gasteiger partial charge in [0.15, 0.2) is 0 Å². The van der Waals surface area contributed by atoms with E-state index in [-0.39, 0.29) is 11.8 Å². The van der Waals surface area contributed by atoms with E-state index < -0.39 is 0 Å². The van der Waals surface area contributed by atoms with Crippen molar-refractivity contribution in [2.45, 2.75) is 33.2 Å². The molecule has 1 rings (SSSR count). The summed E-state index contributed by atoms with van der Waals surface area (Å²) in [5.74, 6) is 0.0328. The molecule has 0 bridgehead atoms. The summed E-state index contributed by atoms with van der Waals surface area (Å²) < 4.78 is 0. The molecule has 0 aliphatic heterocycles. The van der Waals surface area contributed by atoms with Crippen LogP contribution in [-0.2, 0) is 16.1 Å². The first-order valence-electron chi connectivity index (χ1n) is 5.81. The second-order valence-corrected chi connectivity index (χ2v) is 3.73. The molecular weight excluding hydrogens is 216 g/mol. The smallest absolute Gasteiger partial charge is 0.224 e. The summed E-state index contributed by atoms with van der Waals surface area (Å²) in [5, 5.41) is 5.56. The van der Waals surface area contributed by atoms with Crippen molar-refractivity contribution < 1.29 is 9.59 Å². The van der Waals surface area contributed by atoms with E-state index in [0.717, 1.165) is 11.3 Å². The molecule has 4 nitrogen and oxygen atoms in total. The molecule has 2 amide bonds. The summed E-state index contributed by atoms with van der Waals surface area (Å²) in [6, 6.07) is 7.45. The lowest BCUT2D eigenvalue weighted by molar-refractivity contribution is -0.121. The molecule has 0 fully saturated rings. The van der Waals surface area contributed by atoms with Crippen molar-refractivity contribution in [3.8, 4) is 0 Å². The van der Waals surface area contributed by atoms with Crippen LogP contribution in [0.2, 0.25) is 0 Å². The fraction of sp³-hybridized carbons (Fsp3) is 0.385. The molecule has 0 unspecified atom stereocenters. The average Bonchev–Trinajstić information content (AvgIpc) is 2.37. The van der Waals surface area contributed by atoms with Crippen molar-refractivity contribution in [2.24, 2.45) is 0 Å². The Labute approximate surface area is 101 Å². The number of hydrogen-bond donors (Lipinski definition) is 2. The summed E-state index contributed by atoms with van der Waals surface area (Å²) in [6.07, 6.45) is 0.957. The second kappa shape index (κ2) is 6.68. The Bertz CT molecular complexity index is 385. The van der Waals surface area contributed by atoms with Crippen LogP contribution >= 0.6 is 0 Å². The van der Waals surface area contributed by atoms with Crippen LogP contribution in [0.4, 0.5) is 5.69 Å². The van der Waals surface area contributed by atoms with Crippen molar-refractivity contribution in [1.29, 1.82) is 0 Å². The van der Waals surface area contributed by atoms with Crippen LogP contribution in [0.3, 0.4) is 0 Å². The van der Waals surface area contributed by atoms with Gasteiger partial charge in [-0.3, -0.25) is 9.59 Å². The van der Waals surface area contributed by atoms with Crippen molar-refractivity contribution in [3.63, 3.8) is 0 Å². The van der Waals surface area contributed by atoms with Crippen molar-refractivity contribution in [3.05, 3.63) is 29.8 Å². The lowest BCUT2D eigenvalue weighted by Gasteiger charge is -2.06. The Morgan fingerprint density at radius 1 is 1.00 bits per heavy atom. The van der Waals surface area contributed by atoms with Crippen molar-refractivity contribution in [2.75, 3.05) is 5.32 Å². The van der Waals surface area contributed by atoms with Gasteiger partial charge in [-0.1, -0.05) is 26.0 Å². The quantitative estimate of drug-likeness (QED) is 0.819. The first kappa shape index (κ1) is 13.2. The van der Waals surface area contributed by atoms with E-state index in [1.807, 2.05) is 38.1 Å². The number of nitrogens with one attached hydrogen (secondary N) is 2. The number of carbonyl (C=O) groups is 2. The van der Waals surface area contributed by atoms with Gasteiger partial charge in [-0.2, -0.15) is 0 Å². The Morgan fingerprint density at radius 2 is 1.59 bits per heavy atom. The molecule has 0 heterocycles. The van der Waals surface area contributed by atoms with Gasteiger partial charge in [0.05, 0.1) is 0 Å². The summed E-state index contributed by atoms with van der Waals surface area (Å²) in [7, 11) is 0. The topological polar surface area (TPSA) is 58.2 Å². The van der Waals surface area contributed by atoms with E-state index in [4.69, 9.17) is 0 Å². The highest BCUT2D eigenvalue weighted by Crippen LogP contribution is 2.09. The van der Waals surface area contributed by atoms with Gasteiger partial charge >= 0.3 is 0 Å². The van der Waals surface area contributed by atoms with Gasteiger partial charge in [0.2, 0.25) is 11.8 Å². The van der Waals surface area contributed by atoms with Gasteiger partial charge in [-0.05, 0) is 17.7 Å². The SMILES string of the molecule is CCC(=O)NCc1ccc(NC(=O)CC)cc1. The number of hydrogen-bond acceptors (Lipinski definition) is 2. The average molecular weight is 234 g/mol. The van der Waals surface area contributed by atoms with Gasteiger partial charge in [-0.25, -0.2) is 0 Å². The third-order valence-electron chi connectivity index (χ3n) is 2.37. The summed E-state index contributed by atoms with van der Waals surface area (Å²) in [5.41, 5.74) is 1.80. The standard InChI is InChI=1S/C13H18N2O2/c1-3-12(16)14-9-10-5-7-11(8-6-10)15-13(17)4-2/h5-8H,3-4,9H2,1-2H3,(H,14,16)(H,15,17). The number of anilines is 1. The molecule has 92 valence electrons. The molecule has 2 N–H and O–H groups in total. The minimum absolute atomic E-state index is 0.00274. The van der Waals surface area contributed by atoms with E-state index in [1.165, 1.54) is 0 Å². The number of amides is 2. The van der Waals surface area contributed by atoms with E-state index >= 15 is 0 Å². The van der Waals surface area contributed by atoms with Gasteiger partial charge in [0, 0.05) is 25.1 Å². The van der Waals surface area contributed by atoms with Gasteiger partial charge in [0.1, 0.15) is 0 Å². The highest BCUT2D eigenvalue weighted by Gasteiger charge is 2.00. The summed E-state index contributed by atoms with van der Waals surface area (Å²) >= 11 is 0.